The van der Waals surface area contributed by atoms with E-state index in [-0.39, 0.29) is 0 Å². The zero-order valence-corrected chi connectivity index (χ0v) is 18.9. The number of rotatable bonds is 9. The number of nitrogens with one attached hydrogen (secondary N) is 1. The van der Waals surface area contributed by atoms with Crippen molar-refractivity contribution < 1.29 is 9.84 Å². The molecule has 4 aliphatic rings. The molecule has 0 heterocycles. The van der Waals surface area contributed by atoms with Crippen molar-refractivity contribution in [3.05, 3.63) is 65.2 Å². The van der Waals surface area contributed by atoms with Crippen LogP contribution in [-0.2, 0) is 11.8 Å². The third-order valence-corrected chi connectivity index (χ3v) is 8.00. The molecule has 4 saturated carbocycles. The largest absolute Gasteiger partial charge is 0.491 e. The molecule has 4 aliphatic carbocycles. The van der Waals surface area contributed by atoms with Gasteiger partial charge in [-0.3, -0.25) is 0 Å². The van der Waals surface area contributed by atoms with Crippen LogP contribution in [0.15, 0.2) is 48.5 Å². The second kappa shape index (κ2) is 8.96. The van der Waals surface area contributed by atoms with Crippen molar-refractivity contribution in [2.45, 2.75) is 63.4 Å². The van der Waals surface area contributed by atoms with Crippen LogP contribution >= 0.6 is 0 Å². The molecule has 31 heavy (non-hydrogen) atoms. The fraction of sp³-hybridized carbons (Fsp3) is 0.571. The molecule has 1 unspecified atom stereocenters. The Morgan fingerprint density at radius 3 is 2.32 bits per heavy atom. The van der Waals surface area contributed by atoms with Gasteiger partial charge in [0.1, 0.15) is 18.5 Å². The highest BCUT2D eigenvalue weighted by molar-refractivity contribution is 5.34. The Bertz CT molecular complexity index is 840. The number of aliphatic hydroxyl groups excluding tert-OH is 1. The fourth-order valence-electron chi connectivity index (χ4n) is 6.99. The Hall–Kier alpha value is -1.84. The SMILES string of the molecule is Cc1cccc(CCNCC(O)COc2ccc(C34CC5CC(CC(C5)C3)C4)cc2)c1. The van der Waals surface area contributed by atoms with E-state index in [1.807, 2.05) is 0 Å². The van der Waals surface area contributed by atoms with Gasteiger partial charge in [-0.15, -0.1) is 0 Å². The molecule has 2 N–H and O–H groups in total. The van der Waals surface area contributed by atoms with E-state index in [9.17, 15) is 5.11 Å². The van der Waals surface area contributed by atoms with Crippen LogP contribution in [0.3, 0.4) is 0 Å². The van der Waals surface area contributed by atoms with E-state index in [4.69, 9.17) is 4.74 Å². The van der Waals surface area contributed by atoms with Crippen LogP contribution in [0.25, 0.3) is 0 Å². The van der Waals surface area contributed by atoms with E-state index in [2.05, 4.69) is 60.8 Å². The number of aryl methyl sites for hydroxylation is 1. The minimum Gasteiger partial charge on any atom is -0.491 e. The number of hydrogen-bond acceptors (Lipinski definition) is 3. The van der Waals surface area contributed by atoms with Gasteiger partial charge in [-0.05, 0) is 105 Å². The normalized spacial score (nSPS) is 29.8. The maximum absolute atomic E-state index is 10.3. The average Bonchev–Trinajstić information content (AvgIpc) is 2.75. The van der Waals surface area contributed by atoms with Crippen LogP contribution in [0.1, 0.15) is 55.2 Å². The van der Waals surface area contributed by atoms with Gasteiger partial charge in [-0.1, -0.05) is 42.0 Å². The summed E-state index contributed by atoms with van der Waals surface area (Å²) in [4.78, 5) is 0. The zero-order chi connectivity index (χ0) is 21.3. The van der Waals surface area contributed by atoms with Gasteiger partial charge >= 0.3 is 0 Å². The third-order valence-electron chi connectivity index (χ3n) is 8.00. The van der Waals surface area contributed by atoms with Gasteiger partial charge < -0.3 is 15.2 Å². The summed E-state index contributed by atoms with van der Waals surface area (Å²) in [7, 11) is 0. The lowest BCUT2D eigenvalue weighted by Crippen LogP contribution is -2.48. The summed E-state index contributed by atoms with van der Waals surface area (Å²) < 4.78 is 5.88. The van der Waals surface area contributed by atoms with Crippen LogP contribution in [0.4, 0.5) is 0 Å². The summed E-state index contributed by atoms with van der Waals surface area (Å²) in [6, 6.07) is 17.4. The summed E-state index contributed by atoms with van der Waals surface area (Å²) in [5.74, 6) is 3.77. The molecule has 166 valence electrons. The van der Waals surface area contributed by atoms with E-state index < -0.39 is 6.10 Å². The molecule has 4 fully saturated rings. The minimum absolute atomic E-state index is 0.328. The molecule has 0 spiro atoms. The van der Waals surface area contributed by atoms with E-state index in [0.717, 1.165) is 36.5 Å². The fourth-order valence-corrected chi connectivity index (χ4v) is 6.99. The van der Waals surface area contributed by atoms with Crippen LogP contribution in [-0.4, -0.2) is 30.9 Å². The average molecular weight is 420 g/mol. The molecule has 4 bridgehead atoms. The lowest BCUT2D eigenvalue weighted by Gasteiger charge is -2.57. The summed E-state index contributed by atoms with van der Waals surface area (Å²) in [6.45, 7) is 3.86. The first kappa shape index (κ1) is 21.0. The quantitative estimate of drug-likeness (QED) is 0.560. The highest BCUT2D eigenvalue weighted by Gasteiger charge is 2.51. The Labute approximate surface area is 187 Å². The zero-order valence-electron chi connectivity index (χ0n) is 18.9. The van der Waals surface area contributed by atoms with Gasteiger partial charge in [0.15, 0.2) is 0 Å². The molecule has 0 aromatic heterocycles. The number of hydrogen-bond donors (Lipinski definition) is 2. The lowest BCUT2D eigenvalue weighted by atomic mass is 9.48. The van der Waals surface area contributed by atoms with Crippen LogP contribution < -0.4 is 10.1 Å². The topological polar surface area (TPSA) is 41.5 Å². The molecule has 2 aromatic rings. The van der Waals surface area contributed by atoms with E-state index in [0.29, 0.717) is 18.6 Å². The van der Waals surface area contributed by atoms with Gasteiger partial charge in [0.2, 0.25) is 0 Å². The van der Waals surface area contributed by atoms with Crippen molar-refractivity contribution in [3.63, 3.8) is 0 Å². The van der Waals surface area contributed by atoms with Crippen molar-refractivity contribution >= 4 is 0 Å². The van der Waals surface area contributed by atoms with Gasteiger partial charge in [-0.25, -0.2) is 0 Å². The Morgan fingerprint density at radius 1 is 1.00 bits per heavy atom. The summed E-state index contributed by atoms with van der Waals surface area (Å²) in [5, 5.41) is 13.6. The molecule has 0 saturated heterocycles. The standard InChI is InChI=1S/C28H37NO2/c1-20-3-2-4-21(11-20)9-10-29-18-26(30)19-31-27-7-5-25(6-8-27)28-15-22-12-23(16-28)14-24(13-22)17-28/h2-8,11,22-24,26,29-30H,9-10,12-19H2,1H3. The van der Waals surface area contributed by atoms with Crippen molar-refractivity contribution in [1.29, 1.82) is 0 Å². The Balaban J connectivity index is 1.07. The van der Waals surface area contributed by atoms with Crippen LogP contribution in [0.2, 0.25) is 0 Å². The van der Waals surface area contributed by atoms with Crippen molar-refractivity contribution in [2.75, 3.05) is 19.7 Å². The molecular weight excluding hydrogens is 382 g/mol. The molecule has 1 atom stereocenters. The van der Waals surface area contributed by atoms with Gasteiger partial charge in [0.25, 0.3) is 0 Å². The highest BCUT2D eigenvalue weighted by atomic mass is 16.5. The molecule has 6 rings (SSSR count). The molecule has 0 radical (unpaired) electrons. The molecule has 3 heteroatoms. The summed E-state index contributed by atoms with van der Waals surface area (Å²) in [5.41, 5.74) is 4.59. The smallest absolute Gasteiger partial charge is 0.119 e. The van der Waals surface area contributed by atoms with E-state index in [1.165, 1.54) is 55.2 Å². The molecule has 2 aromatic carbocycles. The third kappa shape index (κ3) is 4.83. The predicted molar refractivity (Wildman–Crippen MR) is 126 cm³/mol. The van der Waals surface area contributed by atoms with Gasteiger partial charge in [0, 0.05) is 6.54 Å². The van der Waals surface area contributed by atoms with Crippen LogP contribution in [0.5, 0.6) is 5.75 Å². The Kier molecular flexibility index (Phi) is 6.08. The molecule has 0 amide bonds. The second-order valence-corrected chi connectivity index (χ2v) is 10.6. The first-order valence-corrected chi connectivity index (χ1v) is 12.3. The van der Waals surface area contributed by atoms with Crippen molar-refractivity contribution in [1.82, 2.24) is 5.32 Å². The monoisotopic (exact) mass is 419 g/mol. The Morgan fingerprint density at radius 2 is 1.68 bits per heavy atom. The summed E-state index contributed by atoms with van der Waals surface area (Å²) in [6.07, 6.45) is 9.11. The van der Waals surface area contributed by atoms with E-state index >= 15 is 0 Å². The number of ether oxygens (including phenoxy) is 1. The second-order valence-electron chi connectivity index (χ2n) is 10.6. The maximum atomic E-state index is 10.3. The number of benzene rings is 2. The molecule has 0 aliphatic heterocycles. The lowest BCUT2D eigenvalue weighted by molar-refractivity contribution is -0.00521. The van der Waals surface area contributed by atoms with Crippen LogP contribution in [0, 0.1) is 24.7 Å². The predicted octanol–water partition coefficient (Wildman–Crippen LogP) is 5.03. The first-order valence-electron chi connectivity index (χ1n) is 12.3. The van der Waals surface area contributed by atoms with E-state index in [1.54, 1.807) is 0 Å². The molecule has 3 nitrogen and oxygen atoms in total. The van der Waals surface area contributed by atoms with Gasteiger partial charge in [0.05, 0.1) is 0 Å². The maximum Gasteiger partial charge on any atom is 0.119 e. The van der Waals surface area contributed by atoms with Crippen molar-refractivity contribution in [3.8, 4) is 5.75 Å². The minimum atomic E-state index is -0.500. The van der Waals surface area contributed by atoms with Crippen molar-refractivity contribution in [2.24, 2.45) is 17.8 Å². The first-order chi connectivity index (χ1) is 15.1. The van der Waals surface area contributed by atoms with Gasteiger partial charge in [-0.2, -0.15) is 0 Å². The summed E-state index contributed by atoms with van der Waals surface area (Å²) >= 11 is 0. The number of aliphatic hydroxyl groups is 1. The molecular formula is C28H37NO2. The highest BCUT2D eigenvalue weighted by Crippen LogP contribution is 2.60.